The summed E-state index contributed by atoms with van der Waals surface area (Å²) in [5, 5.41) is 53.5. The molecule has 4 atom stereocenters. The van der Waals surface area contributed by atoms with Crippen LogP contribution in [0.25, 0.3) is 0 Å². The summed E-state index contributed by atoms with van der Waals surface area (Å²) >= 11 is 0. The Bertz CT molecular complexity index is 219. The fourth-order valence-corrected chi connectivity index (χ4v) is 0.884. The van der Waals surface area contributed by atoms with Crippen molar-refractivity contribution in [2.45, 2.75) is 24.1 Å². The maximum atomic E-state index is 10.5. The number of carboxylic acids is 1. The van der Waals surface area contributed by atoms with E-state index in [0.717, 1.165) is 7.11 Å². The first-order valence-corrected chi connectivity index (χ1v) is 3.97. The largest absolute Gasteiger partial charge is 0.477 e. The summed E-state index contributed by atoms with van der Waals surface area (Å²) in [6, 6.07) is 0. The lowest BCUT2D eigenvalue weighted by Gasteiger charge is -2.31. The van der Waals surface area contributed by atoms with E-state index in [2.05, 4.69) is 4.74 Å². The van der Waals surface area contributed by atoms with Gasteiger partial charge < -0.3 is 35.4 Å². The van der Waals surface area contributed by atoms with Gasteiger partial charge in [-0.25, -0.2) is 4.79 Å². The zero-order valence-electron chi connectivity index (χ0n) is 7.94. The summed E-state index contributed by atoms with van der Waals surface area (Å²) in [6.07, 6.45) is -6.15. The van der Waals surface area contributed by atoms with Gasteiger partial charge >= 0.3 is 5.97 Å². The lowest BCUT2D eigenvalue weighted by atomic mass is 10.0. The number of methoxy groups -OCH3 is 1. The molecule has 0 aromatic carbocycles. The van der Waals surface area contributed by atoms with Crippen molar-refractivity contribution in [2.75, 3.05) is 13.7 Å². The first-order chi connectivity index (χ1) is 6.81. The third-order valence-electron chi connectivity index (χ3n) is 1.92. The second kappa shape index (κ2) is 5.35. The number of ether oxygens (including phenoxy) is 1. The molecule has 0 unspecified atom stereocenters. The van der Waals surface area contributed by atoms with Crippen LogP contribution in [-0.2, 0) is 9.53 Å². The molecule has 0 amide bonds. The van der Waals surface area contributed by atoms with Crippen LogP contribution in [0.3, 0.4) is 0 Å². The maximum Gasteiger partial charge on any atom is 0.367 e. The van der Waals surface area contributed by atoms with Crippen molar-refractivity contribution in [1.29, 1.82) is 0 Å². The second-order valence-electron chi connectivity index (χ2n) is 2.89. The van der Waals surface area contributed by atoms with Crippen LogP contribution in [0.2, 0.25) is 0 Å². The van der Waals surface area contributed by atoms with Crippen molar-refractivity contribution in [1.82, 2.24) is 0 Å². The molecule has 0 saturated carbocycles. The van der Waals surface area contributed by atoms with Gasteiger partial charge in [-0.05, 0) is 0 Å². The Morgan fingerprint density at radius 2 is 1.87 bits per heavy atom. The van der Waals surface area contributed by atoms with Gasteiger partial charge in [-0.3, -0.25) is 0 Å². The van der Waals surface area contributed by atoms with E-state index in [0.29, 0.717) is 0 Å². The van der Waals surface area contributed by atoms with Crippen molar-refractivity contribution in [3.63, 3.8) is 0 Å². The maximum absolute atomic E-state index is 10.5. The predicted octanol–water partition coefficient (Wildman–Crippen LogP) is -3.52. The van der Waals surface area contributed by atoms with E-state index in [9.17, 15) is 15.0 Å². The van der Waals surface area contributed by atoms with Gasteiger partial charge in [-0.15, -0.1) is 0 Å². The fourth-order valence-electron chi connectivity index (χ4n) is 0.884. The highest BCUT2D eigenvalue weighted by molar-refractivity contribution is 5.76. The minimum Gasteiger partial charge on any atom is -0.477 e. The van der Waals surface area contributed by atoms with Gasteiger partial charge in [0, 0.05) is 7.11 Å². The van der Waals surface area contributed by atoms with Crippen LogP contribution < -0.4 is 0 Å². The Labute approximate surface area is 85.0 Å². The number of carbonyl (C=O) groups is 1. The minimum atomic E-state index is -3.05. The van der Waals surface area contributed by atoms with Gasteiger partial charge in [-0.2, -0.15) is 0 Å². The molecule has 0 aliphatic heterocycles. The molecule has 0 bridgehead atoms. The molecule has 0 radical (unpaired) electrons. The Morgan fingerprint density at radius 3 is 2.13 bits per heavy atom. The van der Waals surface area contributed by atoms with Crippen molar-refractivity contribution in [3.8, 4) is 0 Å². The van der Waals surface area contributed by atoms with E-state index in [4.69, 9.17) is 20.4 Å². The average molecular weight is 226 g/mol. The van der Waals surface area contributed by atoms with E-state index >= 15 is 0 Å². The predicted molar refractivity (Wildman–Crippen MR) is 44.7 cm³/mol. The highest BCUT2D eigenvalue weighted by Gasteiger charge is 2.49. The quantitative estimate of drug-likeness (QED) is 0.255. The third kappa shape index (κ3) is 2.84. The van der Waals surface area contributed by atoms with Crippen molar-refractivity contribution in [3.05, 3.63) is 0 Å². The molecule has 0 heterocycles. The number of rotatable bonds is 6. The molecular weight excluding hydrogens is 212 g/mol. The van der Waals surface area contributed by atoms with Crippen LogP contribution >= 0.6 is 0 Å². The summed E-state index contributed by atoms with van der Waals surface area (Å²) < 4.78 is 4.13. The molecule has 0 rings (SSSR count). The Balaban J connectivity index is 4.79. The summed E-state index contributed by atoms with van der Waals surface area (Å²) in [7, 11) is 0.801. The molecule has 0 aromatic rings. The zero-order chi connectivity index (χ0) is 12.2. The van der Waals surface area contributed by atoms with E-state index < -0.39 is 36.7 Å². The van der Waals surface area contributed by atoms with Crippen molar-refractivity contribution >= 4 is 5.97 Å². The lowest BCUT2D eigenvalue weighted by Crippen LogP contribution is -2.59. The topological polar surface area (TPSA) is 148 Å². The summed E-state index contributed by atoms with van der Waals surface area (Å²) in [6.45, 7) is -0.905. The summed E-state index contributed by atoms with van der Waals surface area (Å²) in [5.41, 5.74) is 0. The second-order valence-corrected chi connectivity index (χ2v) is 2.89. The lowest BCUT2D eigenvalue weighted by molar-refractivity contribution is -0.269. The Hall–Kier alpha value is -0.770. The highest BCUT2D eigenvalue weighted by atomic mass is 16.7. The highest BCUT2D eigenvalue weighted by Crippen LogP contribution is 2.17. The minimum absolute atomic E-state index is 0.801. The van der Waals surface area contributed by atoms with Crippen LogP contribution in [0.5, 0.6) is 0 Å². The van der Waals surface area contributed by atoms with Gasteiger partial charge in [-0.1, -0.05) is 0 Å². The van der Waals surface area contributed by atoms with Gasteiger partial charge in [0.05, 0.1) is 6.61 Å². The fraction of sp³-hybridized carbons (Fsp3) is 0.857. The third-order valence-corrected chi connectivity index (χ3v) is 1.92. The number of aliphatic hydroxyl groups excluding tert-OH is 4. The van der Waals surface area contributed by atoms with E-state index in [1.165, 1.54) is 0 Å². The molecule has 8 nitrogen and oxygen atoms in total. The smallest absolute Gasteiger partial charge is 0.367 e. The van der Waals surface area contributed by atoms with E-state index in [1.807, 2.05) is 0 Å². The van der Waals surface area contributed by atoms with Crippen LogP contribution in [0.4, 0.5) is 0 Å². The van der Waals surface area contributed by atoms with Gasteiger partial charge in [0.1, 0.15) is 18.3 Å². The van der Waals surface area contributed by atoms with Gasteiger partial charge in [0.15, 0.2) is 0 Å². The van der Waals surface area contributed by atoms with E-state index in [1.54, 1.807) is 0 Å². The molecule has 8 heteroatoms. The molecule has 90 valence electrons. The Morgan fingerprint density at radius 1 is 1.40 bits per heavy atom. The molecule has 0 saturated heterocycles. The van der Waals surface area contributed by atoms with Crippen LogP contribution in [0.15, 0.2) is 0 Å². The molecule has 15 heavy (non-hydrogen) atoms. The van der Waals surface area contributed by atoms with E-state index in [-0.39, 0.29) is 0 Å². The molecule has 0 spiro atoms. The van der Waals surface area contributed by atoms with Gasteiger partial charge in [0.2, 0.25) is 0 Å². The monoisotopic (exact) mass is 226 g/mol. The summed E-state index contributed by atoms with van der Waals surface area (Å²) in [5.74, 6) is -4.98. The number of hydrogen-bond donors (Lipinski definition) is 6. The first-order valence-electron chi connectivity index (χ1n) is 3.97. The molecule has 0 aliphatic carbocycles. The van der Waals surface area contributed by atoms with Crippen molar-refractivity contribution in [2.24, 2.45) is 0 Å². The SMILES string of the molecule is CO[C@](O)(C(=O)O)[C@@H](O)[C@H](O)[C@@H](O)CO. The average Bonchev–Trinajstić information content (AvgIpc) is 2.24. The van der Waals surface area contributed by atoms with Gasteiger partial charge in [0.25, 0.3) is 5.79 Å². The number of aliphatic hydroxyl groups is 5. The van der Waals surface area contributed by atoms with Crippen LogP contribution in [0, 0.1) is 0 Å². The standard InChI is InChI=1S/C7H14O8/c1-15-7(14,6(12)13)5(11)4(10)3(9)2-8/h3-5,8-11,14H,2H2,1H3,(H,12,13)/t3-,4+,5-,7-/m0/s1. The molecule has 0 aliphatic rings. The Kier molecular flexibility index (Phi) is 5.08. The zero-order valence-corrected chi connectivity index (χ0v) is 7.94. The molecule has 0 fully saturated rings. The summed E-state index contributed by atoms with van der Waals surface area (Å²) in [4.78, 5) is 10.5. The first kappa shape index (κ1) is 14.2. The van der Waals surface area contributed by atoms with Crippen LogP contribution in [0.1, 0.15) is 0 Å². The van der Waals surface area contributed by atoms with Crippen molar-refractivity contribution < 1.29 is 40.2 Å². The molecule has 0 aromatic heterocycles. The number of aliphatic carboxylic acids is 1. The molecule has 6 N–H and O–H groups in total. The normalized spacial score (nSPS) is 21.5. The number of hydrogen-bond acceptors (Lipinski definition) is 7. The van der Waals surface area contributed by atoms with Crippen LogP contribution in [-0.4, -0.2) is 74.4 Å². The number of carboxylic acid groups (broad SMARTS) is 1. The molecular formula is C7H14O8.